The Kier molecular flexibility index (Phi) is 5.47. The van der Waals surface area contributed by atoms with Crippen molar-refractivity contribution in [2.75, 3.05) is 13.2 Å². The molecule has 1 aliphatic rings. The molecule has 0 bridgehead atoms. The number of carbonyl (C=O) groups is 4. The first-order valence-corrected chi connectivity index (χ1v) is 10.2. The number of ether oxygens (including phenoxy) is 1. The summed E-state index contributed by atoms with van der Waals surface area (Å²) in [6.07, 6.45) is 0. The summed E-state index contributed by atoms with van der Waals surface area (Å²) in [6, 6.07) is 10.3. The summed E-state index contributed by atoms with van der Waals surface area (Å²) in [5.41, 5.74) is 0.969. The number of hydrogen-bond donors (Lipinski definition) is 0. The Bertz CT molecular complexity index is 1270. The van der Waals surface area contributed by atoms with Crippen LogP contribution in [0.4, 0.5) is 4.39 Å². The summed E-state index contributed by atoms with van der Waals surface area (Å²) in [7, 11) is 0. The van der Waals surface area contributed by atoms with Gasteiger partial charge in [0.25, 0.3) is 17.7 Å². The third kappa shape index (κ3) is 3.89. The second-order valence-electron chi connectivity index (χ2n) is 6.64. The average Bonchev–Trinajstić information content (AvgIpc) is 3.18. The Hall–Kier alpha value is -3.66. The smallest absolute Gasteiger partial charge is 0.326 e. The minimum absolute atomic E-state index is 0.135. The zero-order valence-corrected chi connectivity index (χ0v) is 17.1. The van der Waals surface area contributed by atoms with Gasteiger partial charge in [0, 0.05) is 0 Å². The molecule has 3 aromatic rings. The van der Waals surface area contributed by atoms with Crippen LogP contribution in [0.25, 0.3) is 10.2 Å². The van der Waals surface area contributed by atoms with Crippen LogP contribution in [0.2, 0.25) is 0 Å². The summed E-state index contributed by atoms with van der Waals surface area (Å²) in [4.78, 5) is 54.5. The Morgan fingerprint density at radius 1 is 1.06 bits per heavy atom. The van der Waals surface area contributed by atoms with Gasteiger partial charge in [-0.1, -0.05) is 23.5 Å². The average molecular weight is 441 g/mol. The number of thiazole rings is 1. The normalized spacial score (nSPS) is 13.7. The van der Waals surface area contributed by atoms with E-state index in [-0.39, 0.29) is 29.1 Å². The third-order valence-corrected chi connectivity index (χ3v) is 5.67. The van der Waals surface area contributed by atoms with Crippen molar-refractivity contribution in [2.45, 2.75) is 13.5 Å². The van der Waals surface area contributed by atoms with E-state index in [2.05, 4.69) is 4.99 Å². The van der Waals surface area contributed by atoms with Gasteiger partial charge in [-0.15, -0.1) is 0 Å². The molecule has 3 amide bonds. The lowest BCUT2D eigenvalue weighted by atomic mass is 10.1. The van der Waals surface area contributed by atoms with Crippen LogP contribution in [-0.4, -0.2) is 46.3 Å². The minimum Gasteiger partial charge on any atom is -0.465 e. The van der Waals surface area contributed by atoms with Crippen LogP contribution in [0.3, 0.4) is 0 Å². The van der Waals surface area contributed by atoms with Crippen LogP contribution < -0.4 is 4.80 Å². The number of nitrogens with zero attached hydrogens (tertiary/aromatic N) is 3. The minimum atomic E-state index is -0.751. The van der Waals surface area contributed by atoms with Gasteiger partial charge in [-0.05, 0) is 37.3 Å². The van der Waals surface area contributed by atoms with Gasteiger partial charge in [0.1, 0.15) is 18.9 Å². The third-order valence-electron chi connectivity index (χ3n) is 4.63. The van der Waals surface area contributed by atoms with Crippen LogP contribution in [0.15, 0.2) is 47.5 Å². The number of fused-ring (bicyclic) bond motifs is 2. The lowest BCUT2D eigenvalue weighted by Gasteiger charge is -2.10. The molecule has 4 rings (SSSR count). The zero-order chi connectivity index (χ0) is 22.1. The highest BCUT2D eigenvalue weighted by molar-refractivity contribution is 7.16. The fourth-order valence-corrected chi connectivity index (χ4v) is 4.35. The predicted molar refractivity (Wildman–Crippen MR) is 109 cm³/mol. The summed E-state index contributed by atoms with van der Waals surface area (Å²) >= 11 is 1.01. The van der Waals surface area contributed by atoms with Gasteiger partial charge in [0.15, 0.2) is 4.80 Å². The number of aromatic nitrogens is 1. The van der Waals surface area contributed by atoms with Crippen molar-refractivity contribution >= 4 is 45.2 Å². The standard InChI is InChI=1S/C21H16FN3O5S/c1-2-30-18(27)11-24-15-8-7-12(22)9-16(15)31-21(24)23-17(26)10-25-19(28)13-5-3-4-6-14(13)20(25)29/h3-9H,2,10-11H2,1H3. The van der Waals surface area contributed by atoms with Gasteiger partial charge >= 0.3 is 5.97 Å². The van der Waals surface area contributed by atoms with Gasteiger partial charge in [0.05, 0.1) is 28.0 Å². The Balaban J connectivity index is 1.67. The molecule has 0 aliphatic carbocycles. The van der Waals surface area contributed by atoms with Crippen molar-refractivity contribution in [3.8, 4) is 0 Å². The Labute approximate surface area is 179 Å². The SMILES string of the molecule is CCOC(=O)Cn1c(=NC(=O)CN2C(=O)c3ccccc3C2=O)sc2cc(F)ccc21. The molecular weight excluding hydrogens is 425 g/mol. The fraction of sp³-hybridized carbons (Fsp3) is 0.190. The molecule has 0 saturated heterocycles. The maximum Gasteiger partial charge on any atom is 0.326 e. The van der Waals surface area contributed by atoms with E-state index in [4.69, 9.17) is 4.74 Å². The maximum absolute atomic E-state index is 13.6. The highest BCUT2D eigenvalue weighted by Crippen LogP contribution is 2.22. The van der Waals surface area contributed by atoms with E-state index in [1.165, 1.54) is 34.9 Å². The highest BCUT2D eigenvalue weighted by atomic mass is 32.1. The Morgan fingerprint density at radius 3 is 2.39 bits per heavy atom. The second-order valence-corrected chi connectivity index (χ2v) is 7.64. The van der Waals surface area contributed by atoms with Crippen molar-refractivity contribution in [3.05, 3.63) is 64.2 Å². The number of hydrogen-bond acceptors (Lipinski definition) is 6. The van der Waals surface area contributed by atoms with Crippen LogP contribution in [0.5, 0.6) is 0 Å². The van der Waals surface area contributed by atoms with Crippen molar-refractivity contribution in [3.63, 3.8) is 0 Å². The summed E-state index contributed by atoms with van der Waals surface area (Å²) in [6.45, 7) is 1.08. The van der Waals surface area contributed by atoms with Crippen LogP contribution in [-0.2, 0) is 20.9 Å². The molecule has 10 heteroatoms. The van der Waals surface area contributed by atoms with Gasteiger partial charge in [-0.3, -0.25) is 24.1 Å². The summed E-state index contributed by atoms with van der Waals surface area (Å²) in [5, 5.41) is 0. The van der Waals surface area contributed by atoms with Crippen LogP contribution >= 0.6 is 11.3 Å². The topological polar surface area (TPSA) is 98.0 Å². The first-order valence-electron chi connectivity index (χ1n) is 9.36. The molecule has 0 atom stereocenters. The van der Waals surface area contributed by atoms with Crippen LogP contribution in [0.1, 0.15) is 27.6 Å². The predicted octanol–water partition coefficient (Wildman–Crippen LogP) is 2.13. The molecule has 1 aromatic heterocycles. The lowest BCUT2D eigenvalue weighted by Crippen LogP contribution is -2.35. The maximum atomic E-state index is 13.6. The van der Waals surface area contributed by atoms with Crippen molar-refractivity contribution in [1.82, 2.24) is 9.47 Å². The number of benzene rings is 2. The van der Waals surface area contributed by atoms with E-state index < -0.39 is 36.1 Å². The first kappa shape index (κ1) is 20.6. The molecule has 31 heavy (non-hydrogen) atoms. The van der Waals surface area contributed by atoms with E-state index in [1.807, 2.05) is 0 Å². The van der Waals surface area contributed by atoms with Gasteiger partial charge in [-0.25, -0.2) is 4.39 Å². The second kappa shape index (κ2) is 8.23. The summed E-state index contributed by atoms with van der Waals surface area (Å²) < 4.78 is 20.5. The van der Waals surface area contributed by atoms with E-state index in [0.29, 0.717) is 10.2 Å². The molecule has 2 heterocycles. The molecule has 2 aromatic carbocycles. The number of carbonyl (C=O) groups excluding carboxylic acids is 4. The molecule has 158 valence electrons. The van der Waals surface area contributed by atoms with Crippen molar-refractivity contribution < 1.29 is 28.3 Å². The van der Waals surface area contributed by atoms with E-state index in [9.17, 15) is 23.6 Å². The van der Waals surface area contributed by atoms with E-state index >= 15 is 0 Å². The summed E-state index contributed by atoms with van der Waals surface area (Å²) in [5.74, 6) is -2.90. The van der Waals surface area contributed by atoms with Gasteiger partial charge in [-0.2, -0.15) is 4.99 Å². The molecule has 0 unspecified atom stereocenters. The zero-order valence-electron chi connectivity index (χ0n) is 16.3. The van der Waals surface area contributed by atoms with Gasteiger partial charge < -0.3 is 9.30 Å². The lowest BCUT2D eigenvalue weighted by molar-refractivity contribution is -0.143. The molecule has 0 spiro atoms. The molecule has 8 nitrogen and oxygen atoms in total. The number of rotatable bonds is 5. The Morgan fingerprint density at radius 2 is 1.74 bits per heavy atom. The molecule has 0 N–H and O–H groups in total. The van der Waals surface area contributed by atoms with Crippen molar-refractivity contribution in [1.29, 1.82) is 0 Å². The molecule has 0 saturated carbocycles. The van der Waals surface area contributed by atoms with E-state index in [1.54, 1.807) is 19.1 Å². The monoisotopic (exact) mass is 441 g/mol. The molecule has 0 fully saturated rings. The number of esters is 1. The molecular formula is C21H16FN3O5S. The highest BCUT2D eigenvalue weighted by Gasteiger charge is 2.36. The first-order chi connectivity index (χ1) is 14.9. The number of amides is 3. The number of halogens is 1. The quantitative estimate of drug-likeness (QED) is 0.446. The number of imide groups is 1. The van der Waals surface area contributed by atoms with Crippen LogP contribution in [0, 0.1) is 5.82 Å². The fourth-order valence-electron chi connectivity index (χ4n) is 3.28. The van der Waals surface area contributed by atoms with Crippen molar-refractivity contribution in [2.24, 2.45) is 4.99 Å². The molecule has 1 aliphatic heterocycles. The molecule has 0 radical (unpaired) electrons. The largest absolute Gasteiger partial charge is 0.465 e. The van der Waals surface area contributed by atoms with E-state index in [0.717, 1.165) is 16.2 Å². The van der Waals surface area contributed by atoms with Gasteiger partial charge in [0.2, 0.25) is 0 Å².